The number of hydrogen-bond acceptors (Lipinski definition) is 4. The number of esters is 2. The fourth-order valence-corrected chi connectivity index (χ4v) is 6.27. The van der Waals surface area contributed by atoms with Crippen molar-refractivity contribution in [3.05, 3.63) is 20.4 Å². The quantitative estimate of drug-likeness (QED) is 0.262. The van der Waals surface area contributed by atoms with E-state index in [0.29, 0.717) is 0 Å². The Morgan fingerprint density at radius 3 is 1.57 bits per heavy atom. The molecule has 0 amide bonds. The number of ether oxygens (including phenoxy) is 2. The number of hydrogen-bond donors (Lipinski definition) is 0. The minimum absolute atomic E-state index is 0.264. The third-order valence-corrected chi connectivity index (χ3v) is 9.09. The Morgan fingerprint density at radius 2 is 1.29 bits per heavy atom. The van der Waals surface area contributed by atoms with E-state index in [1.165, 1.54) is 26.4 Å². The van der Waals surface area contributed by atoms with Gasteiger partial charge in [-0.3, -0.25) is 0 Å². The first-order chi connectivity index (χ1) is 6.70. The van der Waals surface area contributed by atoms with E-state index in [1.807, 2.05) is 8.25 Å². The van der Waals surface area contributed by atoms with Gasteiger partial charge in [-0.15, -0.1) is 0 Å². The van der Waals surface area contributed by atoms with Crippen LogP contribution >= 0.6 is 0 Å². The molecule has 0 saturated carbocycles. The standard InChI is InChI=1S/C8H10O4Te2/c1-11-7(9)3-5-13-14-6-4-8(10)12-2/h3-6H,1-2H3/b5-3-,6-4-. The van der Waals surface area contributed by atoms with Gasteiger partial charge in [-0.05, 0) is 0 Å². The van der Waals surface area contributed by atoms with Gasteiger partial charge < -0.3 is 0 Å². The van der Waals surface area contributed by atoms with Crippen molar-refractivity contribution in [1.82, 2.24) is 0 Å². The molecule has 0 rings (SSSR count). The molecular weight excluding hydrogens is 415 g/mol. The van der Waals surface area contributed by atoms with Crippen molar-refractivity contribution in [3.8, 4) is 0 Å². The van der Waals surface area contributed by atoms with Crippen LogP contribution in [0.5, 0.6) is 0 Å². The van der Waals surface area contributed by atoms with E-state index in [2.05, 4.69) is 9.47 Å². The molecule has 0 aromatic heterocycles. The van der Waals surface area contributed by atoms with Crippen molar-refractivity contribution in [1.29, 1.82) is 0 Å². The average Bonchev–Trinajstić information content (AvgIpc) is 2.22. The van der Waals surface area contributed by atoms with Gasteiger partial charge in [-0.25, -0.2) is 0 Å². The average molecular weight is 425 g/mol. The van der Waals surface area contributed by atoms with Crippen molar-refractivity contribution in [2.75, 3.05) is 14.2 Å². The summed E-state index contributed by atoms with van der Waals surface area (Å²) in [6, 6.07) is 0. The summed E-state index contributed by atoms with van der Waals surface area (Å²) < 4.78 is 12.6. The molecule has 0 aromatic rings. The third kappa shape index (κ3) is 8.59. The molecule has 0 unspecified atom stereocenters. The van der Waals surface area contributed by atoms with Crippen LogP contribution in [0.15, 0.2) is 20.4 Å². The van der Waals surface area contributed by atoms with Crippen molar-refractivity contribution in [2.24, 2.45) is 0 Å². The van der Waals surface area contributed by atoms with Crippen molar-refractivity contribution >= 4 is 46.1 Å². The summed E-state index contributed by atoms with van der Waals surface area (Å²) in [6.45, 7) is 0. The Morgan fingerprint density at radius 1 is 0.929 bits per heavy atom. The van der Waals surface area contributed by atoms with Crippen molar-refractivity contribution in [3.63, 3.8) is 0 Å². The fourth-order valence-electron chi connectivity index (χ4n) is 0.367. The van der Waals surface area contributed by atoms with Crippen molar-refractivity contribution < 1.29 is 19.1 Å². The van der Waals surface area contributed by atoms with Gasteiger partial charge in [0.1, 0.15) is 0 Å². The molecule has 0 radical (unpaired) electrons. The zero-order valence-electron chi connectivity index (χ0n) is 7.76. The minimum atomic E-state index is -0.320. The summed E-state index contributed by atoms with van der Waals surface area (Å²) in [6.07, 6.45) is 2.89. The summed E-state index contributed by atoms with van der Waals surface area (Å²) in [4.78, 5) is 21.3. The zero-order valence-corrected chi connectivity index (χ0v) is 12.4. The van der Waals surface area contributed by atoms with Crippen molar-refractivity contribution in [2.45, 2.75) is 0 Å². The van der Waals surface area contributed by atoms with Gasteiger partial charge in [0.25, 0.3) is 0 Å². The summed E-state index contributed by atoms with van der Waals surface area (Å²) in [7, 11) is 2.70. The topological polar surface area (TPSA) is 52.6 Å². The van der Waals surface area contributed by atoms with Crippen LogP contribution in [-0.4, -0.2) is 60.3 Å². The second-order valence-electron chi connectivity index (χ2n) is 1.84. The van der Waals surface area contributed by atoms with Crippen LogP contribution in [0.2, 0.25) is 0 Å². The van der Waals surface area contributed by atoms with Crippen LogP contribution in [0.4, 0.5) is 0 Å². The SMILES string of the molecule is COC(=O)/C=C\[Te][Te]/C=C\C(=O)OC. The second kappa shape index (κ2) is 9.55. The fraction of sp³-hybridized carbons (Fsp3) is 0.250. The van der Waals surface area contributed by atoms with Gasteiger partial charge in [0, 0.05) is 0 Å². The molecule has 0 spiro atoms. The molecule has 6 heteroatoms. The van der Waals surface area contributed by atoms with E-state index in [0.717, 1.165) is 0 Å². The maximum absolute atomic E-state index is 10.6. The predicted molar refractivity (Wildman–Crippen MR) is 53.8 cm³/mol. The molecule has 0 fully saturated rings. The molecule has 0 aromatic carbocycles. The Bertz CT molecular complexity index is 222. The van der Waals surface area contributed by atoms with Crippen LogP contribution < -0.4 is 0 Å². The van der Waals surface area contributed by atoms with Gasteiger partial charge in [0.15, 0.2) is 0 Å². The molecule has 0 bridgehead atoms. The molecule has 0 aliphatic rings. The Labute approximate surface area is 99.0 Å². The summed E-state index contributed by atoms with van der Waals surface area (Å²) in [5, 5.41) is 0. The Hall–Kier alpha value is -0.000779. The van der Waals surface area contributed by atoms with Crippen LogP contribution in [0, 0.1) is 0 Å². The molecule has 0 aliphatic carbocycles. The van der Waals surface area contributed by atoms with Gasteiger partial charge in [-0.2, -0.15) is 0 Å². The monoisotopic (exact) mass is 430 g/mol. The number of carbonyl (C=O) groups excluding carboxylic acids is 2. The van der Waals surface area contributed by atoms with Crippen LogP contribution in [0.1, 0.15) is 0 Å². The molecular formula is C8H10O4Te2. The first-order valence-electron chi connectivity index (χ1n) is 3.52. The van der Waals surface area contributed by atoms with Gasteiger partial charge in [0.05, 0.1) is 0 Å². The molecule has 14 heavy (non-hydrogen) atoms. The molecule has 0 atom stereocenters. The first-order valence-corrected chi connectivity index (χ1v) is 13.5. The van der Waals surface area contributed by atoms with E-state index >= 15 is 0 Å². The molecule has 0 saturated heterocycles. The first kappa shape index (κ1) is 14.0. The number of rotatable bonds is 5. The maximum atomic E-state index is 10.6. The van der Waals surface area contributed by atoms with E-state index in [1.54, 1.807) is 0 Å². The third-order valence-electron chi connectivity index (χ3n) is 0.977. The Kier molecular flexibility index (Phi) is 9.55. The Balaban J connectivity index is 3.56. The van der Waals surface area contributed by atoms with Gasteiger partial charge in [-0.1, -0.05) is 0 Å². The van der Waals surface area contributed by atoms with E-state index in [4.69, 9.17) is 0 Å². The zero-order chi connectivity index (χ0) is 10.8. The predicted octanol–water partition coefficient (Wildman–Crippen LogP) is -0.317. The van der Waals surface area contributed by atoms with Crippen LogP contribution in [0.25, 0.3) is 0 Å². The summed E-state index contributed by atoms with van der Waals surface area (Å²) >= 11 is -0.528. The number of methoxy groups -OCH3 is 2. The van der Waals surface area contributed by atoms with Gasteiger partial charge >= 0.3 is 99.7 Å². The van der Waals surface area contributed by atoms with E-state index < -0.39 is 0 Å². The summed E-state index contributed by atoms with van der Waals surface area (Å²) in [5.41, 5.74) is 0. The van der Waals surface area contributed by atoms with Crippen LogP contribution in [-0.2, 0) is 19.1 Å². The molecule has 0 N–H and O–H groups in total. The van der Waals surface area contributed by atoms with Gasteiger partial charge in [0.2, 0.25) is 0 Å². The second-order valence-corrected chi connectivity index (χ2v) is 11.9. The summed E-state index contributed by atoms with van der Waals surface area (Å²) in [5.74, 6) is -0.640. The molecule has 78 valence electrons. The van der Waals surface area contributed by atoms with Crippen LogP contribution in [0.3, 0.4) is 0 Å². The number of carbonyl (C=O) groups is 2. The molecule has 4 nitrogen and oxygen atoms in total. The molecule has 0 heterocycles. The molecule has 0 aliphatic heterocycles. The normalized spacial score (nSPS) is 10.7. The van der Waals surface area contributed by atoms with E-state index in [-0.39, 0.29) is 46.1 Å². The van der Waals surface area contributed by atoms with E-state index in [9.17, 15) is 9.59 Å².